The van der Waals surface area contributed by atoms with Crippen molar-refractivity contribution in [1.29, 1.82) is 0 Å². The molecule has 1 saturated carbocycles. The summed E-state index contributed by atoms with van der Waals surface area (Å²) in [6.07, 6.45) is 4.22. The zero-order valence-corrected chi connectivity index (χ0v) is 16.9. The fraction of sp³-hybridized carbons (Fsp3) is 0.231. The summed E-state index contributed by atoms with van der Waals surface area (Å²) in [5.41, 5.74) is 4.30. The molecular formula is C26H26N2O2. The molecule has 0 radical (unpaired) electrons. The van der Waals surface area contributed by atoms with Gasteiger partial charge >= 0.3 is 0 Å². The summed E-state index contributed by atoms with van der Waals surface area (Å²) in [5.74, 6) is 0.114. The van der Waals surface area contributed by atoms with E-state index in [1.165, 1.54) is 0 Å². The van der Waals surface area contributed by atoms with Crippen LogP contribution in [-0.4, -0.2) is 11.8 Å². The molecule has 30 heavy (non-hydrogen) atoms. The van der Waals surface area contributed by atoms with E-state index in [0.29, 0.717) is 12.1 Å². The summed E-state index contributed by atoms with van der Waals surface area (Å²) in [7, 11) is 0. The van der Waals surface area contributed by atoms with Crippen molar-refractivity contribution in [3.63, 3.8) is 0 Å². The Kier molecular flexibility index (Phi) is 6.23. The first-order valence-electron chi connectivity index (χ1n) is 10.5. The number of carbonyl (C=O) groups excluding carboxylic acids is 2. The Morgan fingerprint density at radius 2 is 1.57 bits per heavy atom. The van der Waals surface area contributed by atoms with E-state index in [9.17, 15) is 9.59 Å². The zero-order valence-electron chi connectivity index (χ0n) is 16.9. The number of nitrogens with one attached hydrogen (secondary N) is 2. The maximum Gasteiger partial charge on any atom is 0.252 e. The number of carbonyl (C=O) groups is 2. The lowest BCUT2D eigenvalue weighted by Gasteiger charge is -2.13. The van der Waals surface area contributed by atoms with Crippen LogP contribution in [0.4, 0.5) is 5.69 Å². The minimum Gasteiger partial charge on any atom is -0.348 e. The SMILES string of the molecule is O=C(NCc1cccc(NC(=O)C2CCCC2)c1)c1ccccc1-c1ccccc1. The molecule has 1 fully saturated rings. The van der Waals surface area contributed by atoms with Crippen molar-refractivity contribution < 1.29 is 9.59 Å². The van der Waals surface area contributed by atoms with Crippen LogP contribution in [0.5, 0.6) is 0 Å². The van der Waals surface area contributed by atoms with Gasteiger partial charge in [-0.25, -0.2) is 0 Å². The maximum absolute atomic E-state index is 12.9. The largest absolute Gasteiger partial charge is 0.348 e. The lowest BCUT2D eigenvalue weighted by atomic mass is 9.99. The highest BCUT2D eigenvalue weighted by atomic mass is 16.2. The molecule has 0 aromatic heterocycles. The van der Waals surface area contributed by atoms with Crippen LogP contribution in [0.3, 0.4) is 0 Å². The Hall–Kier alpha value is -3.40. The predicted octanol–water partition coefficient (Wildman–Crippen LogP) is 5.41. The van der Waals surface area contributed by atoms with Gasteiger partial charge in [0.05, 0.1) is 0 Å². The number of hydrogen-bond acceptors (Lipinski definition) is 2. The smallest absolute Gasteiger partial charge is 0.252 e. The fourth-order valence-electron chi connectivity index (χ4n) is 4.02. The summed E-state index contributed by atoms with van der Waals surface area (Å²) in [6.45, 7) is 0.398. The zero-order chi connectivity index (χ0) is 20.8. The molecule has 3 aromatic rings. The minimum atomic E-state index is -0.116. The van der Waals surface area contributed by atoms with Crippen LogP contribution < -0.4 is 10.6 Å². The molecule has 0 heterocycles. The quantitative estimate of drug-likeness (QED) is 0.583. The second-order valence-electron chi connectivity index (χ2n) is 7.77. The third-order valence-electron chi connectivity index (χ3n) is 5.63. The molecule has 0 bridgehead atoms. The first-order chi connectivity index (χ1) is 14.7. The Morgan fingerprint density at radius 1 is 0.833 bits per heavy atom. The number of anilines is 1. The fourth-order valence-corrected chi connectivity index (χ4v) is 4.02. The van der Waals surface area contributed by atoms with E-state index in [4.69, 9.17) is 0 Å². The summed E-state index contributed by atoms with van der Waals surface area (Å²) < 4.78 is 0. The van der Waals surface area contributed by atoms with Gasteiger partial charge in [0, 0.05) is 23.7 Å². The van der Waals surface area contributed by atoms with Crippen molar-refractivity contribution in [2.75, 3.05) is 5.32 Å². The highest BCUT2D eigenvalue weighted by Crippen LogP contribution is 2.26. The van der Waals surface area contributed by atoms with Crippen molar-refractivity contribution in [1.82, 2.24) is 5.32 Å². The van der Waals surface area contributed by atoms with Crippen molar-refractivity contribution in [3.8, 4) is 11.1 Å². The molecule has 0 spiro atoms. The molecule has 0 saturated heterocycles. The lowest BCUT2D eigenvalue weighted by Crippen LogP contribution is -2.24. The average molecular weight is 399 g/mol. The minimum absolute atomic E-state index is 0.102. The van der Waals surface area contributed by atoms with Crippen LogP contribution in [0.25, 0.3) is 11.1 Å². The highest BCUT2D eigenvalue weighted by Gasteiger charge is 2.22. The topological polar surface area (TPSA) is 58.2 Å². The molecule has 2 N–H and O–H groups in total. The number of amides is 2. The third-order valence-corrected chi connectivity index (χ3v) is 5.63. The van der Waals surface area contributed by atoms with Gasteiger partial charge in [-0.2, -0.15) is 0 Å². The van der Waals surface area contributed by atoms with Gasteiger partial charge < -0.3 is 10.6 Å². The van der Waals surface area contributed by atoms with E-state index in [-0.39, 0.29) is 17.7 Å². The van der Waals surface area contributed by atoms with Crippen molar-refractivity contribution in [2.24, 2.45) is 5.92 Å². The van der Waals surface area contributed by atoms with E-state index in [1.807, 2.05) is 78.9 Å². The Balaban J connectivity index is 1.42. The standard InChI is InChI=1S/C26H26N2O2/c29-25(21-12-4-5-13-21)28-22-14-8-9-19(17-22)18-27-26(30)24-16-7-6-15-23(24)20-10-2-1-3-11-20/h1-3,6-11,14-17,21H,4-5,12-13,18H2,(H,27,30)(H,28,29). The van der Waals surface area contributed by atoms with Gasteiger partial charge in [-0.15, -0.1) is 0 Å². The summed E-state index contributed by atoms with van der Waals surface area (Å²) >= 11 is 0. The molecule has 2 amide bonds. The molecule has 0 aliphatic heterocycles. The molecule has 4 nitrogen and oxygen atoms in total. The first-order valence-corrected chi connectivity index (χ1v) is 10.5. The second-order valence-corrected chi connectivity index (χ2v) is 7.77. The monoisotopic (exact) mass is 398 g/mol. The van der Waals surface area contributed by atoms with Gasteiger partial charge in [0.25, 0.3) is 5.91 Å². The molecule has 0 unspecified atom stereocenters. The highest BCUT2D eigenvalue weighted by molar-refractivity contribution is 6.00. The first kappa shape index (κ1) is 19.9. The van der Waals surface area contributed by atoms with Crippen LogP contribution >= 0.6 is 0 Å². The predicted molar refractivity (Wildman–Crippen MR) is 120 cm³/mol. The van der Waals surface area contributed by atoms with Crippen LogP contribution in [0.2, 0.25) is 0 Å². The van der Waals surface area contributed by atoms with Crippen LogP contribution in [0.1, 0.15) is 41.6 Å². The molecule has 4 rings (SSSR count). The van der Waals surface area contributed by atoms with Gasteiger partial charge in [-0.3, -0.25) is 9.59 Å². The van der Waals surface area contributed by atoms with Gasteiger partial charge in [0.2, 0.25) is 5.91 Å². The molecule has 152 valence electrons. The summed E-state index contributed by atoms with van der Waals surface area (Å²) in [5, 5.41) is 6.03. The van der Waals surface area contributed by atoms with Crippen LogP contribution in [0, 0.1) is 5.92 Å². The second kappa shape index (κ2) is 9.40. The van der Waals surface area contributed by atoms with Gasteiger partial charge in [-0.05, 0) is 47.7 Å². The van der Waals surface area contributed by atoms with Crippen LogP contribution in [-0.2, 0) is 11.3 Å². The van der Waals surface area contributed by atoms with Crippen molar-refractivity contribution in [3.05, 3.63) is 90.0 Å². The van der Waals surface area contributed by atoms with Crippen molar-refractivity contribution >= 4 is 17.5 Å². The maximum atomic E-state index is 12.9. The number of hydrogen-bond donors (Lipinski definition) is 2. The molecule has 1 aliphatic carbocycles. The molecule has 1 aliphatic rings. The van der Waals surface area contributed by atoms with E-state index >= 15 is 0 Å². The van der Waals surface area contributed by atoms with Crippen molar-refractivity contribution in [2.45, 2.75) is 32.2 Å². The molecule has 3 aromatic carbocycles. The average Bonchev–Trinajstić information content (AvgIpc) is 3.34. The van der Waals surface area contributed by atoms with Crippen LogP contribution in [0.15, 0.2) is 78.9 Å². The molecule has 0 atom stereocenters. The van der Waals surface area contributed by atoms with E-state index in [2.05, 4.69) is 10.6 Å². The Labute approximate surface area is 177 Å². The van der Waals surface area contributed by atoms with Gasteiger partial charge in [0.1, 0.15) is 0 Å². The van der Waals surface area contributed by atoms with E-state index < -0.39 is 0 Å². The van der Waals surface area contributed by atoms with Gasteiger partial charge in [-0.1, -0.05) is 73.5 Å². The Bertz CT molecular complexity index is 1020. The normalized spacial score (nSPS) is 13.7. The number of benzene rings is 3. The Morgan fingerprint density at radius 3 is 2.37 bits per heavy atom. The number of rotatable bonds is 6. The van der Waals surface area contributed by atoms with E-state index in [1.54, 1.807) is 0 Å². The van der Waals surface area contributed by atoms with Gasteiger partial charge in [0.15, 0.2) is 0 Å². The molecular weight excluding hydrogens is 372 g/mol. The lowest BCUT2D eigenvalue weighted by molar-refractivity contribution is -0.119. The summed E-state index contributed by atoms with van der Waals surface area (Å²) in [6, 6.07) is 25.2. The van der Waals surface area contributed by atoms with E-state index in [0.717, 1.165) is 48.1 Å². The summed E-state index contributed by atoms with van der Waals surface area (Å²) in [4.78, 5) is 25.2. The molecule has 4 heteroatoms. The third kappa shape index (κ3) is 4.77.